The predicted octanol–water partition coefficient (Wildman–Crippen LogP) is 3.92. The molecule has 0 saturated carbocycles. The summed E-state index contributed by atoms with van der Waals surface area (Å²) in [5, 5.41) is 2.83. The van der Waals surface area contributed by atoms with Crippen LogP contribution in [0.3, 0.4) is 0 Å². The summed E-state index contributed by atoms with van der Waals surface area (Å²) < 4.78 is 49.6. The number of benzene rings is 1. The lowest BCUT2D eigenvalue weighted by molar-refractivity contribution is -0.247. The van der Waals surface area contributed by atoms with Gasteiger partial charge in [-0.2, -0.15) is 13.2 Å². The number of halogens is 4. The third kappa shape index (κ3) is 3.77. The second-order valence-electron chi connectivity index (χ2n) is 5.05. The molecule has 1 aliphatic rings. The molecule has 1 saturated heterocycles. The molecule has 1 fully saturated rings. The Morgan fingerprint density at radius 3 is 2.40 bits per heavy atom. The Kier molecular flexibility index (Phi) is 4.18. The minimum absolute atomic E-state index is 0.0289. The number of alkyl halides is 3. The Bertz CT molecular complexity index is 481. The van der Waals surface area contributed by atoms with Gasteiger partial charge in [0.15, 0.2) is 5.79 Å². The van der Waals surface area contributed by atoms with Gasteiger partial charge in [0.25, 0.3) is 0 Å². The van der Waals surface area contributed by atoms with Crippen LogP contribution in [0, 0.1) is 0 Å². The Morgan fingerprint density at radius 2 is 1.85 bits per heavy atom. The Balaban J connectivity index is 2.14. The summed E-state index contributed by atoms with van der Waals surface area (Å²) in [7, 11) is 0. The zero-order valence-electron chi connectivity index (χ0n) is 11.1. The predicted molar refractivity (Wildman–Crippen MR) is 69.8 cm³/mol. The fourth-order valence-electron chi connectivity index (χ4n) is 1.87. The molecule has 2 rings (SSSR count). The molecule has 112 valence electrons. The molecule has 0 amide bonds. The van der Waals surface area contributed by atoms with Crippen LogP contribution >= 0.6 is 11.6 Å². The van der Waals surface area contributed by atoms with Gasteiger partial charge in [-0.25, -0.2) is 0 Å². The van der Waals surface area contributed by atoms with Crippen LogP contribution in [0.5, 0.6) is 0 Å². The van der Waals surface area contributed by atoms with E-state index >= 15 is 0 Å². The van der Waals surface area contributed by atoms with E-state index in [1.165, 1.54) is 12.1 Å². The molecule has 0 atom stereocenters. The molecule has 0 spiro atoms. The normalized spacial score (nSPS) is 19.9. The van der Waals surface area contributed by atoms with Crippen molar-refractivity contribution in [1.29, 1.82) is 0 Å². The first-order valence-corrected chi connectivity index (χ1v) is 6.46. The number of nitrogens with one attached hydrogen (secondary N) is 1. The largest absolute Gasteiger partial charge is 0.418 e. The number of ether oxygens (including phenoxy) is 2. The van der Waals surface area contributed by atoms with E-state index < -0.39 is 17.5 Å². The molecule has 1 aromatic rings. The van der Waals surface area contributed by atoms with E-state index in [1.807, 2.05) is 0 Å². The third-order valence-corrected chi connectivity index (χ3v) is 3.15. The van der Waals surface area contributed by atoms with Gasteiger partial charge in [0, 0.05) is 10.7 Å². The van der Waals surface area contributed by atoms with Crippen molar-refractivity contribution in [2.24, 2.45) is 0 Å². The highest BCUT2D eigenvalue weighted by atomic mass is 35.5. The lowest BCUT2D eigenvalue weighted by atomic mass is 10.1. The van der Waals surface area contributed by atoms with Crippen LogP contribution < -0.4 is 5.32 Å². The Morgan fingerprint density at radius 1 is 1.25 bits per heavy atom. The van der Waals surface area contributed by atoms with Crippen LogP contribution in [-0.2, 0) is 15.7 Å². The molecular weight excluding hydrogens is 295 g/mol. The van der Waals surface area contributed by atoms with Crippen LogP contribution in [0.4, 0.5) is 18.9 Å². The van der Waals surface area contributed by atoms with E-state index in [0.717, 1.165) is 6.07 Å². The summed E-state index contributed by atoms with van der Waals surface area (Å²) in [6.07, 6.45) is -4.47. The zero-order chi connectivity index (χ0) is 15.0. The van der Waals surface area contributed by atoms with E-state index in [4.69, 9.17) is 21.1 Å². The molecule has 1 heterocycles. The third-order valence-electron chi connectivity index (χ3n) is 2.91. The Labute approximate surface area is 120 Å². The van der Waals surface area contributed by atoms with Crippen molar-refractivity contribution in [2.45, 2.75) is 31.9 Å². The number of hydrogen-bond donors (Lipinski definition) is 1. The molecule has 0 bridgehead atoms. The van der Waals surface area contributed by atoms with Gasteiger partial charge in [0.2, 0.25) is 0 Å². The fraction of sp³-hybridized carbons (Fsp3) is 0.538. The lowest BCUT2D eigenvalue weighted by Crippen LogP contribution is -2.45. The fourth-order valence-corrected chi connectivity index (χ4v) is 2.04. The average molecular weight is 310 g/mol. The van der Waals surface area contributed by atoms with E-state index in [0.29, 0.717) is 0 Å². The van der Waals surface area contributed by atoms with Gasteiger partial charge in [0.1, 0.15) is 0 Å². The van der Waals surface area contributed by atoms with Gasteiger partial charge in [-0.3, -0.25) is 0 Å². The summed E-state index contributed by atoms with van der Waals surface area (Å²) in [4.78, 5) is 0. The van der Waals surface area contributed by atoms with Crippen molar-refractivity contribution in [3.8, 4) is 0 Å². The van der Waals surface area contributed by atoms with Gasteiger partial charge >= 0.3 is 6.18 Å². The van der Waals surface area contributed by atoms with Gasteiger partial charge in [0.05, 0.1) is 24.8 Å². The summed E-state index contributed by atoms with van der Waals surface area (Å²) in [5.74, 6) is -0.703. The number of hydrogen-bond acceptors (Lipinski definition) is 3. The van der Waals surface area contributed by atoms with Crippen molar-refractivity contribution in [3.05, 3.63) is 28.8 Å². The average Bonchev–Trinajstić information content (AvgIpc) is 2.33. The first kappa shape index (κ1) is 15.4. The van der Waals surface area contributed by atoms with Crippen molar-refractivity contribution in [1.82, 2.24) is 0 Å². The quantitative estimate of drug-likeness (QED) is 0.898. The maximum absolute atomic E-state index is 12.9. The second-order valence-corrected chi connectivity index (χ2v) is 5.49. The first-order chi connectivity index (χ1) is 9.17. The van der Waals surface area contributed by atoms with Gasteiger partial charge in [-0.1, -0.05) is 11.6 Å². The highest BCUT2D eigenvalue weighted by molar-refractivity contribution is 6.30. The smallest absolute Gasteiger partial charge is 0.377 e. The topological polar surface area (TPSA) is 30.5 Å². The van der Waals surface area contributed by atoms with Crippen molar-refractivity contribution in [2.75, 3.05) is 18.5 Å². The van der Waals surface area contributed by atoms with Crippen LogP contribution in [-0.4, -0.2) is 25.0 Å². The SMILES string of the molecule is CC1(C)OCC(Nc2ccc(Cl)cc2C(F)(F)F)CO1. The molecule has 0 aromatic heterocycles. The second kappa shape index (κ2) is 5.42. The van der Waals surface area contributed by atoms with Crippen molar-refractivity contribution < 1.29 is 22.6 Å². The van der Waals surface area contributed by atoms with E-state index in [2.05, 4.69) is 5.32 Å². The maximum atomic E-state index is 12.9. The standard InChI is InChI=1S/C13H15ClF3NO2/c1-12(2)19-6-9(7-20-12)18-11-4-3-8(14)5-10(11)13(15,16)17/h3-5,9,18H,6-7H2,1-2H3. The molecule has 0 radical (unpaired) electrons. The summed E-state index contributed by atoms with van der Waals surface area (Å²) in [5.41, 5.74) is -0.825. The van der Waals surface area contributed by atoms with Crippen LogP contribution in [0.25, 0.3) is 0 Å². The minimum atomic E-state index is -4.47. The van der Waals surface area contributed by atoms with Gasteiger partial charge in [-0.15, -0.1) is 0 Å². The van der Waals surface area contributed by atoms with Crippen LogP contribution in [0.1, 0.15) is 19.4 Å². The molecule has 1 aliphatic heterocycles. The summed E-state index contributed by atoms with van der Waals surface area (Å²) in [6.45, 7) is 4.05. The minimum Gasteiger partial charge on any atom is -0.377 e. The highest BCUT2D eigenvalue weighted by Gasteiger charge is 2.35. The van der Waals surface area contributed by atoms with Gasteiger partial charge in [-0.05, 0) is 32.0 Å². The molecule has 0 aliphatic carbocycles. The molecular formula is C13H15ClF3NO2. The van der Waals surface area contributed by atoms with E-state index in [1.54, 1.807) is 13.8 Å². The molecule has 3 nitrogen and oxygen atoms in total. The maximum Gasteiger partial charge on any atom is 0.418 e. The molecule has 1 aromatic carbocycles. The van der Waals surface area contributed by atoms with Crippen LogP contribution in [0.15, 0.2) is 18.2 Å². The summed E-state index contributed by atoms with van der Waals surface area (Å²) >= 11 is 5.63. The van der Waals surface area contributed by atoms with Crippen LogP contribution in [0.2, 0.25) is 5.02 Å². The van der Waals surface area contributed by atoms with Gasteiger partial charge < -0.3 is 14.8 Å². The summed E-state index contributed by atoms with van der Waals surface area (Å²) in [6, 6.07) is 3.28. The Hall–Kier alpha value is -0.980. The van der Waals surface area contributed by atoms with E-state index in [-0.39, 0.29) is 30.0 Å². The molecule has 20 heavy (non-hydrogen) atoms. The van der Waals surface area contributed by atoms with Crippen molar-refractivity contribution in [3.63, 3.8) is 0 Å². The lowest BCUT2D eigenvalue weighted by Gasteiger charge is -2.35. The van der Waals surface area contributed by atoms with E-state index in [9.17, 15) is 13.2 Å². The monoisotopic (exact) mass is 309 g/mol. The first-order valence-electron chi connectivity index (χ1n) is 6.08. The number of rotatable bonds is 2. The number of anilines is 1. The molecule has 7 heteroatoms. The zero-order valence-corrected chi connectivity index (χ0v) is 11.8. The molecule has 1 N–H and O–H groups in total. The van der Waals surface area contributed by atoms with Crippen molar-refractivity contribution >= 4 is 17.3 Å². The highest BCUT2D eigenvalue weighted by Crippen LogP contribution is 2.37. The molecule has 0 unspecified atom stereocenters.